The molecule has 3 nitrogen and oxygen atoms in total. The molecule has 0 radical (unpaired) electrons. The summed E-state index contributed by atoms with van der Waals surface area (Å²) in [5.74, 6) is -0.420. The molecule has 0 bridgehead atoms. The van der Waals surface area contributed by atoms with Crippen LogP contribution in [0, 0.1) is 0 Å². The summed E-state index contributed by atoms with van der Waals surface area (Å²) >= 11 is 5.52. The Kier molecular flexibility index (Phi) is 4.90. The molecule has 0 amide bonds. The van der Waals surface area contributed by atoms with Crippen LogP contribution in [0.15, 0.2) is 12.7 Å². The van der Waals surface area contributed by atoms with Crippen molar-refractivity contribution < 1.29 is 9.53 Å². The van der Waals surface area contributed by atoms with Gasteiger partial charge >= 0.3 is 5.97 Å². The Balaban J connectivity index is 3.59. The van der Waals surface area contributed by atoms with Gasteiger partial charge in [-0.05, 0) is 18.7 Å². The Labute approximate surface area is 71.7 Å². The quantitative estimate of drug-likeness (QED) is 0.367. The van der Waals surface area contributed by atoms with Crippen molar-refractivity contribution in [2.45, 2.75) is 13.0 Å². The molecule has 0 heterocycles. The topological polar surface area (TPSA) is 29.5 Å². The molecule has 0 aromatic heterocycles. The number of hydrogen-bond acceptors (Lipinski definition) is 3. The normalized spacial score (nSPS) is 12.7. The molecule has 0 fully saturated rings. The van der Waals surface area contributed by atoms with Gasteiger partial charge in [0.15, 0.2) is 0 Å². The van der Waals surface area contributed by atoms with Crippen molar-refractivity contribution in [1.82, 2.24) is 4.42 Å². The first-order valence-electron chi connectivity index (χ1n) is 3.26. The highest BCUT2D eigenvalue weighted by atomic mass is 35.5. The second kappa shape index (κ2) is 5.16. The Morgan fingerprint density at radius 3 is 2.82 bits per heavy atom. The highest BCUT2D eigenvalue weighted by Crippen LogP contribution is 1.97. The second-order valence-corrected chi connectivity index (χ2v) is 2.82. The van der Waals surface area contributed by atoms with Gasteiger partial charge in [0.05, 0.1) is 6.54 Å². The molecule has 0 aliphatic heterocycles. The van der Waals surface area contributed by atoms with Crippen LogP contribution in [-0.4, -0.2) is 30.1 Å². The smallest absolute Gasteiger partial charge is 0.330 e. The third-order valence-corrected chi connectivity index (χ3v) is 1.13. The van der Waals surface area contributed by atoms with Crippen molar-refractivity contribution in [2.75, 3.05) is 13.6 Å². The van der Waals surface area contributed by atoms with Gasteiger partial charge in [0, 0.05) is 13.1 Å². The van der Waals surface area contributed by atoms with Gasteiger partial charge in [0.2, 0.25) is 0 Å². The zero-order valence-corrected chi connectivity index (χ0v) is 7.47. The molecule has 4 heteroatoms. The van der Waals surface area contributed by atoms with E-state index in [0.717, 1.165) is 6.08 Å². The zero-order chi connectivity index (χ0) is 8.85. The molecule has 0 rings (SSSR count). The van der Waals surface area contributed by atoms with Gasteiger partial charge in [-0.2, -0.15) is 0 Å². The molecular formula is C7H12ClNO2. The number of carbonyl (C=O) groups is 1. The van der Waals surface area contributed by atoms with Crippen LogP contribution < -0.4 is 0 Å². The zero-order valence-electron chi connectivity index (χ0n) is 6.71. The van der Waals surface area contributed by atoms with E-state index in [4.69, 9.17) is 16.5 Å². The van der Waals surface area contributed by atoms with Crippen LogP contribution in [-0.2, 0) is 9.53 Å². The fourth-order valence-electron chi connectivity index (χ4n) is 0.638. The van der Waals surface area contributed by atoms with E-state index in [1.54, 1.807) is 14.0 Å². The van der Waals surface area contributed by atoms with E-state index in [0.29, 0.717) is 6.54 Å². The lowest BCUT2D eigenvalue weighted by molar-refractivity contribution is -0.142. The minimum absolute atomic E-state index is 0.206. The van der Waals surface area contributed by atoms with Crippen molar-refractivity contribution in [1.29, 1.82) is 0 Å². The lowest BCUT2D eigenvalue weighted by Crippen LogP contribution is -2.24. The molecule has 0 aliphatic carbocycles. The average Bonchev–Trinajstić information content (AvgIpc) is 1.85. The third-order valence-electron chi connectivity index (χ3n) is 0.993. The summed E-state index contributed by atoms with van der Waals surface area (Å²) < 4.78 is 6.26. The maximum Gasteiger partial charge on any atom is 0.330 e. The van der Waals surface area contributed by atoms with E-state index in [-0.39, 0.29) is 6.10 Å². The Morgan fingerprint density at radius 2 is 2.45 bits per heavy atom. The number of rotatable bonds is 4. The summed E-state index contributed by atoms with van der Waals surface area (Å²) in [6.45, 7) is 5.54. The fraction of sp³-hybridized carbons (Fsp3) is 0.571. The Hall–Kier alpha value is -0.540. The van der Waals surface area contributed by atoms with Gasteiger partial charge in [0.1, 0.15) is 6.10 Å². The third kappa shape index (κ3) is 5.88. The second-order valence-electron chi connectivity index (χ2n) is 2.24. The molecule has 0 aromatic carbocycles. The van der Waals surface area contributed by atoms with E-state index in [1.807, 2.05) is 0 Å². The number of halogens is 1. The average molecular weight is 178 g/mol. The SMILES string of the molecule is C=CC(=O)OC(C)CN(C)Cl. The summed E-state index contributed by atoms with van der Waals surface area (Å²) in [6.07, 6.45) is 0.924. The van der Waals surface area contributed by atoms with Gasteiger partial charge in [-0.3, -0.25) is 0 Å². The van der Waals surface area contributed by atoms with Crippen LogP contribution in [0.2, 0.25) is 0 Å². The number of nitrogens with zero attached hydrogens (tertiary/aromatic N) is 1. The fourth-order valence-corrected chi connectivity index (χ4v) is 0.832. The number of likely N-dealkylation sites (N-methyl/N-ethyl adjacent to an activating group) is 1. The molecular weight excluding hydrogens is 166 g/mol. The number of ether oxygens (including phenoxy) is 1. The van der Waals surface area contributed by atoms with E-state index >= 15 is 0 Å². The van der Waals surface area contributed by atoms with Crippen molar-refractivity contribution >= 4 is 17.7 Å². The van der Waals surface area contributed by atoms with Gasteiger partial charge in [-0.1, -0.05) is 6.58 Å². The predicted molar refractivity (Wildman–Crippen MR) is 44.2 cm³/mol. The number of hydrogen-bond donors (Lipinski definition) is 0. The van der Waals surface area contributed by atoms with Crippen molar-refractivity contribution in [2.24, 2.45) is 0 Å². The largest absolute Gasteiger partial charge is 0.458 e. The van der Waals surface area contributed by atoms with Crippen LogP contribution in [0.4, 0.5) is 0 Å². The molecule has 0 saturated heterocycles. The maximum atomic E-state index is 10.6. The Morgan fingerprint density at radius 1 is 1.91 bits per heavy atom. The molecule has 0 aliphatic rings. The van der Waals surface area contributed by atoms with Gasteiger partial charge < -0.3 is 4.74 Å². The Bertz CT molecular complexity index is 147. The predicted octanol–water partition coefficient (Wildman–Crippen LogP) is 1.19. The summed E-state index contributed by atoms with van der Waals surface area (Å²) in [5.41, 5.74) is 0. The lowest BCUT2D eigenvalue weighted by Gasteiger charge is -2.14. The highest BCUT2D eigenvalue weighted by Gasteiger charge is 2.07. The summed E-state index contributed by atoms with van der Waals surface area (Å²) in [5, 5.41) is 0. The first-order chi connectivity index (χ1) is 5.06. The van der Waals surface area contributed by atoms with E-state index in [1.165, 1.54) is 4.42 Å². The summed E-state index contributed by atoms with van der Waals surface area (Å²) in [4.78, 5) is 10.6. The molecule has 0 aromatic rings. The summed E-state index contributed by atoms with van der Waals surface area (Å²) in [7, 11) is 1.69. The number of esters is 1. The van der Waals surface area contributed by atoms with Crippen molar-refractivity contribution in [3.05, 3.63) is 12.7 Å². The minimum atomic E-state index is -0.420. The maximum absolute atomic E-state index is 10.6. The van der Waals surface area contributed by atoms with Crippen LogP contribution in [0.25, 0.3) is 0 Å². The molecule has 11 heavy (non-hydrogen) atoms. The van der Waals surface area contributed by atoms with Gasteiger partial charge in [0.25, 0.3) is 0 Å². The van der Waals surface area contributed by atoms with Crippen LogP contribution in [0.5, 0.6) is 0 Å². The molecule has 1 unspecified atom stereocenters. The molecule has 0 spiro atoms. The van der Waals surface area contributed by atoms with Gasteiger partial charge in [-0.25, -0.2) is 9.21 Å². The van der Waals surface area contributed by atoms with E-state index < -0.39 is 5.97 Å². The molecule has 0 saturated carbocycles. The van der Waals surface area contributed by atoms with Crippen LogP contribution in [0.1, 0.15) is 6.92 Å². The van der Waals surface area contributed by atoms with E-state index in [2.05, 4.69) is 6.58 Å². The van der Waals surface area contributed by atoms with Crippen molar-refractivity contribution in [3.8, 4) is 0 Å². The molecule has 0 N–H and O–H groups in total. The van der Waals surface area contributed by atoms with Gasteiger partial charge in [-0.15, -0.1) is 0 Å². The monoisotopic (exact) mass is 177 g/mol. The molecule has 1 atom stereocenters. The molecule has 64 valence electrons. The standard InChI is InChI=1S/C7H12ClNO2/c1-4-7(10)11-6(2)5-9(3)8/h4,6H,1,5H2,2-3H3. The number of carbonyl (C=O) groups excluding carboxylic acids is 1. The highest BCUT2D eigenvalue weighted by molar-refractivity contribution is 6.13. The summed E-state index contributed by atoms with van der Waals surface area (Å²) in [6, 6.07) is 0. The van der Waals surface area contributed by atoms with Crippen LogP contribution >= 0.6 is 11.8 Å². The van der Waals surface area contributed by atoms with Crippen LogP contribution in [0.3, 0.4) is 0 Å². The first-order valence-corrected chi connectivity index (χ1v) is 3.60. The van der Waals surface area contributed by atoms with E-state index in [9.17, 15) is 4.79 Å². The van der Waals surface area contributed by atoms with Crippen molar-refractivity contribution in [3.63, 3.8) is 0 Å². The lowest BCUT2D eigenvalue weighted by atomic mass is 10.4. The minimum Gasteiger partial charge on any atom is -0.458 e. The first kappa shape index (κ1) is 10.5.